The van der Waals surface area contributed by atoms with Gasteiger partial charge >= 0.3 is 7.48 Å². The Labute approximate surface area is 77.0 Å². The van der Waals surface area contributed by atoms with Crippen molar-refractivity contribution in [3.8, 4) is 17.2 Å². The Morgan fingerprint density at radius 1 is 1.23 bits per heavy atom. The molecule has 0 atom stereocenters. The largest absolute Gasteiger partial charge is 0.504 e. The fraction of sp³-hybridized carbons (Fsp3) is 0.250. The third-order valence-electron chi connectivity index (χ3n) is 1.70. The van der Waals surface area contributed by atoms with Gasteiger partial charge in [0.15, 0.2) is 11.5 Å². The summed E-state index contributed by atoms with van der Waals surface area (Å²) in [5.74, 6) is 0.650. The van der Waals surface area contributed by atoms with Gasteiger partial charge in [0.05, 0.1) is 14.2 Å². The molecule has 0 saturated heterocycles. The minimum atomic E-state index is -0.145. The van der Waals surface area contributed by atoms with E-state index in [1.807, 2.05) is 0 Å². The molecular formula is C8H11BO4. The molecule has 1 aromatic carbocycles. The molecule has 2 N–H and O–H groups in total. The Balaban J connectivity index is 3.20. The molecule has 13 heavy (non-hydrogen) atoms. The molecule has 0 spiro atoms. The van der Waals surface area contributed by atoms with Crippen LogP contribution in [0.5, 0.6) is 17.2 Å². The van der Waals surface area contributed by atoms with Crippen molar-refractivity contribution in [3.63, 3.8) is 0 Å². The maximum Gasteiger partial charge on any atom is 0.305 e. The van der Waals surface area contributed by atoms with Crippen molar-refractivity contribution < 1.29 is 19.6 Å². The lowest BCUT2D eigenvalue weighted by Crippen LogP contribution is -2.13. The Kier molecular flexibility index (Phi) is 3.03. The Hall–Kier alpha value is -1.36. The number of benzene rings is 1. The Morgan fingerprint density at radius 2 is 1.92 bits per heavy atom. The van der Waals surface area contributed by atoms with E-state index in [1.54, 1.807) is 6.07 Å². The maximum absolute atomic E-state index is 9.42. The lowest BCUT2D eigenvalue weighted by atomic mass is 9.88. The summed E-state index contributed by atoms with van der Waals surface area (Å²) in [4.78, 5) is 0. The molecule has 0 aromatic heterocycles. The molecular weight excluding hydrogens is 171 g/mol. The van der Waals surface area contributed by atoms with Gasteiger partial charge in [0, 0.05) is 0 Å². The van der Waals surface area contributed by atoms with Gasteiger partial charge in [-0.25, -0.2) is 0 Å². The van der Waals surface area contributed by atoms with Crippen LogP contribution in [0.15, 0.2) is 12.1 Å². The minimum Gasteiger partial charge on any atom is -0.504 e. The Bertz CT molecular complexity index is 300. The molecule has 1 rings (SSSR count). The molecule has 0 radical (unpaired) electrons. The van der Waals surface area contributed by atoms with Crippen LogP contribution in [0.25, 0.3) is 0 Å². The summed E-state index contributed by atoms with van der Waals surface area (Å²) in [7, 11) is 2.77. The van der Waals surface area contributed by atoms with Crippen LogP contribution in [0.1, 0.15) is 0 Å². The topological polar surface area (TPSA) is 58.9 Å². The molecule has 0 aliphatic heterocycles. The minimum absolute atomic E-state index is 0.0362. The van der Waals surface area contributed by atoms with Crippen LogP contribution >= 0.6 is 0 Å². The van der Waals surface area contributed by atoms with Gasteiger partial charge in [-0.05, 0) is 17.6 Å². The van der Waals surface area contributed by atoms with Crippen molar-refractivity contribution in [3.05, 3.63) is 12.1 Å². The van der Waals surface area contributed by atoms with Crippen molar-refractivity contribution in [1.29, 1.82) is 0 Å². The van der Waals surface area contributed by atoms with Crippen LogP contribution in [0.3, 0.4) is 0 Å². The second-order valence-electron chi connectivity index (χ2n) is 2.51. The van der Waals surface area contributed by atoms with Gasteiger partial charge in [0.2, 0.25) is 5.75 Å². The molecule has 0 amide bonds. The van der Waals surface area contributed by atoms with Gasteiger partial charge < -0.3 is 19.6 Å². The summed E-state index contributed by atoms with van der Waals surface area (Å²) in [6.45, 7) is 0. The van der Waals surface area contributed by atoms with Crippen LogP contribution < -0.4 is 14.9 Å². The highest BCUT2D eigenvalue weighted by molar-refractivity contribution is 6.45. The van der Waals surface area contributed by atoms with E-state index in [-0.39, 0.29) is 19.0 Å². The lowest BCUT2D eigenvalue weighted by molar-refractivity contribution is 0.333. The molecule has 0 heterocycles. The summed E-state index contributed by atoms with van der Waals surface area (Å²) >= 11 is 0. The van der Waals surface area contributed by atoms with E-state index in [4.69, 9.17) is 14.5 Å². The van der Waals surface area contributed by atoms with Crippen LogP contribution in [0.2, 0.25) is 0 Å². The number of aromatic hydroxyl groups is 1. The molecule has 0 aliphatic carbocycles. The second kappa shape index (κ2) is 4.05. The molecule has 0 aliphatic rings. The van der Waals surface area contributed by atoms with E-state index in [9.17, 15) is 5.11 Å². The van der Waals surface area contributed by atoms with Crippen molar-refractivity contribution in [2.24, 2.45) is 0 Å². The normalized spacial score (nSPS) is 9.46. The number of phenolic OH excluding ortho intramolecular Hbond substituents is 1. The van der Waals surface area contributed by atoms with Crippen LogP contribution in [-0.2, 0) is 0 Å². The highest BCUT2D eigenvalue weighted by Gasteiger charge is 2.11. The quantitative estimate of drug-likeness (QED) is 0.611. The van der Waals surface area contributed by atoms with E-state index in [2.05, 4.69) is 0 Å². The van der Waals surface area contributed by atoms with Gasteiger partial charge in [-0.1, -0.05) is 0 Å². The summed E-state index contributed by atoms with van der Waals surface area (Å²) in [6, 6.07) is 3.04. The molecule has 70 valence electrons. The standard InChI is InChI=1S/C8H11BO4/c1-12-7-4-5(9-11)3-6(10)8(7)13-2/h3-4,9-11H,1-2H3. The van der Waals surface area contributed by atoms with E-state index in [0.29, 0.717) is 11.2 Å². The fourth-order valence-corrected chi connectivity index (χ4v) is 1.09. The van der Waals surface area contributed by atoms with Gasteiger partial charge in [0.1, 0.15) is 0 Å². The van der Waals surface area contributed by atoms with Gasteiger partial charge in [-0.2, -0.15) is 0 Å². The van der Waals surface area contributed by atoms with Gasteiger partial charge in [0.25, 0.3) is 0 Å². The van der Waals surface area contributed by atoms with Crippen LogP contribution in [0.4, 0.5) is 0 Å². The molecule has 0 bridgehead atoms. The number of ether oxygens (including phenoxy) is 2. The second-order valence-corrected chi connectivity index (χ2v) is 2.51. The highest BCUT2D eigenvalue weighted by atomic mass is 16.5. The van der Waals surface area contributed by atoms with Gasteiger partial charge in [-0.3, -0.25) is 0 Å². The average Bonchev–Trinajstić information content (AvgIpc) is 2.16. The average molecular weight is 182 g/mol. The smallest absolute Gasteiger partial charge is 0.305 e. The number of hydrogen-bond acceptors (Lipinski definition) is 4. The number of rotatable bonds is 3. The zero-order valence-electron chi connectivity index (χ0n) is 7.57. The van der Waals surface area contributed by atoms with Gasteiger partial charge in [-0.15, -0.1) is 0 Å². The zero-order valence-corrected chi connectivity index (χ0v) is 7.57. The monoisotopic (exact) mass is 182 g/mol. The zero-order chi connectivity index (χ0) is 9.84. The maximum atomic E-state index is 9.42. The van der Waals surface area contributed by atoms with Crippen molar-refractivity contribution in [2.45, 2.75) is 0 Å². The summed E-state index contributed by atoms with van der Waals surface area (Å²) in [5, 5.41) is 18.3. The first kappa shape index (κ1) is 9.73. The van der Waals surface area contributed by atoms with E-state index < -0.39 is 0 Å². The van der Waals surface area contributed by atoms with Crippen molar-refractivity contribution >= 4 is 12.9 Å². The van der Waals surface area contributed by atoms with Crippen LogP contribution in [-0.4, -0.2) is 31.8 Å². The van der Waals surface area contributed by atoms with E-state index in [1.165, 1.54) is 20.3 Å². The first-order valence-corrected chi connectivity index (χ1v) is 3.77. The fourth-order valence-electron chi connectivity index (χ4n) is 1.09. The third-order valence-corrected chi connectivity index (χ3v) is 1.70. The van der Waals surface area contributed by atoms with E-state index in [0.717, 1.165) is 0 Å². The van der Waals surface area contributed by atoms with Crippen LogP contribution in [0, 0.1) is 0 Å². The van der Waals surface area contributed by atoms with Crippen molar-refractivity contribution in [1.82, 2.24) is 0 Å². The Morgan fingerprint density at radius 3 is 2.38 bits per heavy atom. The molecule has 1 aromatic rings. The summed E-state index contributed by atoms with van der Waals surface area (Å²) in [6.07, 6.45) is 0. The molecule has 0 fully saturated rings. The van der Waals surface area contributed by atoms with Crippen molar-refractivity contribution in [2.75, 3.05) is 14.2 Å². The third kappa shape index (κ3) is 1.87. The first-order chi connectivity index (χ1) is 6.22. The predicted octanol–water partition coefficient (Wildman–Crippen LogP) is -0.622. The first-order valence-electron chi connectivity index (χ1n) is 3.77. The SMILES string of the molecule is COc1cc(BO)cc(O)c1OC. The highest BCUT2D eigenvalue weighted by Crippen LogP contribution is 2.34. The number of hydrogen-bond donors (Lipinski definition) is 2. The number of phenols is 1. The molecule has 0 saturated carbocycles. The summed E-state index contributed by atoms with van der Waals surface area (Å²) < 4.78 is 9.87. The molecule has 5 heteroatoms. The van der Waals surface area contributed by atoms with E-state index >= 15 is 0 Å². The lowest BCUT2D eigenvalue weighted by Gasteiger charge is -2.10. The predicted molar refractivity (Wildman–Crippen MR) is 50.2 cm³/mol. The summed E-state index contributed by atoms with van der Waals surface area (Å²) in [5.41, 5.74) is 0.579. The number of methoxy groups -OCH3 is 2. The molecule has 0 unspecified atom stereocenters. The molecule has 4 nitrogen and oxygen atoms in total.